The molecule has 4 aromatic heterocycles. The molecule has 0 radical (unpaired) electrons. The first-order valence-electron chi connectivity index (χ1n) is 10.3. The highest BCUT2D eigenvalue weighted by molar-refractivity contribution is 5.61. The Morgan fingerprint density at radius 2 is 1.81 bits per heavy atom. The van der Waals surface area contributed by atoms with Gasteiger partial charge >= 0.3 is 0 Å². The molecule has 0 bridgehead atoms. The summed E-state index contributed by atoms with van der Waals surface area (Å²) in [6, 6.07) is 9.49. The van der Waals surface area contributed by atoms with Crippen molar-refractivity contribution in [2.24, 2.45) is 0 Å². The Labute approximate surface area is 185 Å². The summed E-state index contributed by atoms with van der Waals surface area (Å²) in [7, 11) is 0. The molecule has 0 amide bonds. The quantitative estimate of drug-likeness (QED) is 0.482. The first-order valence-corrected chi connectivity index (χ1v) is 10.3. The molecule has 0 aliphatic carbocycles. The fraction of sp³-hybridized carbons (Fsp3) is 0.261. The monoisotopic (exact) mass is 427 g/mol. The number of oxazole rings is 1. The summed E-state index contributed by atoms with van der Waals surface area (Å²) in [4.78, 5) is 22.3. The normalized spacial score (nSPS) is 13.9. The maximum atomic E-state index is 9.53. The van der Waals surface area contributed by atoms with Crippen molar-refractivity contribution < 1.29 is 8.83 Å². The topological polar surface area (TPSA) is 108 Å². The van der Waals surface area contributed by atoms with Gasteiger partial charge in [-0.15, -0.1) is 0 Å². The van der Waals surface area contributed by atoms with E-state index in [-0.39, 0.29) is 5.69 Å². The highest BCUT2D eigenvalue weighted by atomic mass is 16.4. The number of furan rings is 1. The van der Waals surface area contributed by atoms with Crippen molar-refractivity contribution in [1.29, 1.82) is 5.26 Å². The van der Waals surface area contributed by atoms with Crippen LogP contribution in [0, 0.1) is 25.2 Å². The van der Waals surface area contributed by atoms with Crippen LogP contribution in [0.4, 0.5) is 11.7 Å². The third-order valence-electron chi connectivity index (χ3n) is 5.60. The Balaban J connectivity index is 1.38. The Morgan fingerprint density at radius 1 is 1.00 bits per heavy atom. The van der Waals surface area contributed by atoms with Gasteiger partial charge in [0.1, 0.15) is 11.9 Å². The molecule has 0 atom stereocenters. The van der Waals surface area contributed by atoms with E-state index in [1.165, 1.54) is 0 Å². The second-order valence-corrected chi connectivity index (χ2v) is 7.56. The summed E-state index contributed by atoms with van der Waals surface area (Å²) in [5.74, 6) is 2.88. The molecule has 1 fully saturated rings. The van der Waals surface area contributed by atoms with Crippen LogP contribution in [0.5, 0.6) is 0 Å². The maximum Gasteiger partial charge on any atom is 0.266 e. The molecule has 1 aliphatic heterocycles. The van der Waals surface area contributed by atoms with E-state index in [2.05, 4.69) is 25.9 Å². The average Bonchev–Trinajstić information content (AvgIpc) is 3.51. The van der Waals surface area contributed by atoms with Gasteiger partial charge in [0, 0.05) is 55.4 Å². The van der Waals surface area contributed by atoms with Crippen LogP contribution >= 0.6 is 0 Å². The standard InChI is InChI=1S/C23H21N7O2/c1-15-16(2)26-20(17-5-3-7-25-14-17)28-21(15)29-8-10-30(11-9-29)23-18(13-24)27-22(32-23)19-6-4-12-31-19/h3-7,12,14H,8-11H2,1-2H3. The summed E-state index contributed by atoms with van der Waals surface area (Å²) < 4.78 is 11.3. The lowest BCUT2D eigenvalue weighted by molar-refractivity contribution is 0.500. The lowest BCUT2D eigenvalue weighted by atomic mass is 10.2. The van der Waals surface area contributed by atoms with E-state index < -0.39 is 0 Å². The summed E-state index contributed by atoms with van der Waals surface area (Å²) in [5.41, 5.74) is 3.16. The zero-order valence-corrected chi connectivity index (χ0v) is 17.8. The van der Waals surface area contributed by atoms with Crippen molar-refractivity contribution in [2.75, 3.05) is 36.0 Å². The second kappa shape index (κ2) is 8.15. The van der Waals surface area contributed by atoms with Gasteiger partial charge in [-0.25, -0.2) is 9.97 Å². The van der Waals surface area contributed by atoms with E-state index in [1.807, 2.05) is 30.9 Å². The van der Waals surface area contributed by atoms with Gasteiger partial charge in [-0.1, -0.05) is 0 Å². The maximum absolute atomic E-state index is 9.53. The van der Waals surface area contributed by atoms with Gasteiger partial charge in [-0.2, -0.15) is 10.2 Å². The molecule has 0 N–H and O–H groups in total. The summed E-state index contributed by atoms with van der Waals surface area (Å²) in [5, 5.41) is 9.53. The van der Waals surface area contributed by atoms with Crippen LogP contribution in [0.15, 0.2) is 51.8 Å². The number of aromatic nitrogens is 4. The summed E-state index contributed by atoms with van der Waals surface area (Å²) in [6.07, 6.45) is 5.06. The number of nitrogens with zero attached hydrogens (tertiary/aromatic N) is 7. The Hall–Kier alpha value is -4.19. The van der Waals surface area contributed by atoms with Crippen molar-refractivity contribution >= 4 is 11.7 Å². The van der Waals surface area contributed by atoms with Gasteiger partial charge in [0.05, 0.1) is 6.26 Å². The number of aryl methyl sites for hydroxylation is 1. The van der Waals surface area contributed by atoms with Gasteiger partial charge < -0.3 is 18.6 Å². The van der Waals surface area contributed by atoms with Crippen LogP contribution in [0.2, 0.25) is 0 Å². The third-order valence-corrected chi connectivity index (χ3v) is 5.60. The summed E-state index contributed by atoms with van der Waals surface area (Å²) in [6.45, 7) is 6.85. The van der Waals surface area contributed by atoms with Crippen LogP contribution in [-0.2, 0) is 0 Å². The molecule has 9 nitrogen and oxygen atoms in total. The minimum Gasteiger partial charge on any atom is -0.459 e. The Kier molecular flexibility index (Phi) is 5.03. The predicted molar refractivity (Wildman–Crippen MR) is 118 cm³/mol. The fourth-order valence-electron chi connectivity index (χ4n) is 3.77. The van der Waals surface area contributed by atoms with Gasteiger partial charge in [-0.05, 0) is 38.1 Å². The number of pyridine rings is 1. The lowest BCUT2D eigenvalue weighted by Gasteiger charge is -2.36. The molecule has 1 saturated heterocycles. The molecule has 0 unspecified atom stereocenters. The van der Waals surface area contributed by atoms with E-state index in [9.17, 15) is 5.26 Å². The van der Waals surface area contributed by atoms with Crippen molar-refractivity contribution in [3.05, 3.63) is 59.9 Å². The number of piperazine rings is 1. The number of anilines is 2. The number of nitriles is 1. The molecule has 4 aromatic rings. The number of hydrogen-bond acceptors (Lipinski definition) is 9. The van der Waals surface area contributed by atoms with E-state index in [1.54, 1.807) is 30.8 Å². The molecular weight excluding hydrogens is 406 g/mol. The third kappa shape index (κ3) is 3.56. The highest BCUT2D eigenvalue weighted by Gasteiger charge is 2.27. The molecule has 0 aromatic carbocycles. The van der Waals surface area contributed by atoms with Gasteiger partial charge in [0.15, 0.2) is 11.6 Å². The van der Waals surface area contributed by atoms with Crippen molar-refractivity contribution in [2.45, 2.75) is 13.8 Å². The minimum atomic E-state index is 0.262. The molecular formula is C23H21N7O2. The van der Waals surface area contributed by atoms with E-state index >= 15 is 0 Å². The smallest absolute Gasteiger partial charge is 0.266 e. The molecule has 32 heavy (non-hydrogen) atoms. The molecule has 160 valence electrons. The molecule has 0 saturated carbocycles. The largest absolute Gasteiger partial charge is 0.459 e. The van der Waals surface area contributed by atoms with E-state index in [0.29, 0.717) is 36.4 Å². The number of rotatable bonds is 4. The highest BCUT2D eigenvalue weighted by Crippen LogP contribution is 2.30. The minimum absolute atomic E-state index is 0.262. The average molecular weight is 427 g/mol. The fourth-order valence-corrected chi connectivity index (χ4v) is 3.77. The van der Waals surface area contributed by atoms with Crippen LogP contribution in [0.3, 0.4) is 0 Å². The molecule has 9 heteroatoms. The van der Waals surface area contributed by atoms with E-state index in [0.717, 1.165) is 35.7 Å². The molecule has 5 heterocycles. The molecule has 0 spiro atoms. The van der Waals surface area contributed by atoms with Crippen molar-refractivity contribution in [3.63, 3.8) is 0 Å². The zero-order valence-electron chi connectivity index (χ0n) is 17.8. The number of hydrogen-bond donors (Lipinski definition) is 0. The molecule has 5 rings (SSSR count). The first kappa shape index (κ1) is 19.8. The van der Waals surface area contributed by atoms with Gasteiger partial charge in [-0.3, -0.25) is 4.98 Å². The van der Waals surface area contributed by atoms with Crippen LogP contribution in [0.25, 0.3) is 23.0 Å². The van der Waals surface area contributed by atoms with Crippen LogP contribution in [-0.4, -0.2) is 46.1 Å². The van der Waals surface area contributed by atoms with Gasteiger partial charge in [0.25, 0.3) is 5.89 Å². The van der Waals surface area contributed by atoms with Crippen LogP contribution < -0.4 is 9.80 Å². The SMILES string of the molecule is Cc1nc(-c2cccnc2)nc(N2CCN(c3oc(-c4ccco4)nc3C#N)CC2)c1C. The van der Waals surface area contributed by atoms with Crippen molar-refractivity contribution in [1.82, 2.24) is 19.9 Å². The lowest BCUT2D eigenvalue weighted by Crippen LogP contribution is -2.47. The Morgan fingerprint density at radius 3 is 2.50 bits per heavy atom. The van der Waals surface area contributed by atoms with Crippen LogP contribution in [0.1, 0.15) is 17.0 Å². The first-order chi connectivity index (χ1) is 15.6. The van der Waals surface area contributed by atoms with Gasteiger partial charge in [0.2, 0.25) is 11.6 Å². The zero-order chi connectivity index (χ0) is 22.1. The van der Waals surface area contributed by atoms with E-state index in [4.69, 9.17) is 13.8 Å². The Bertz CT molecular complexity index is 1270. The second-order valence-electron chi connectivity index (χ2n) is 7.56. The molecule has 1 aliphatic rings. The summed E-state index contributed by atoms with van der Waals surface area (Å²) >= 11 is 0. The van der Waals surface area contributed by atoms with Crippen molar-refractivity contribution in [3.8, 4) is 29.1 Å². The predicted octanol–water partition coefficient (Wildman–Crippen LogP) is 3.60.